The number of nitrogens with zero attached hydrogens (tertiary/aromatic N) is 3. The van der Waals surface area contributed by atoms with E-state index in [-0.39, 0.29) is 18.0 Å². The molecule has 1 fully saturated rings. The maximum Gasteiger partial charge on any atom is 0.253 e. The first-order chi connectivity index (χ1) is 19.2. The highest BCUT2D eigenvalue weighted by Crippen LogP contribution is 2.28. The molecular weight excluding hydrogens is 498 g/mol. The van der Waals surface area contributed by atoms with Gasteiger partial charge in [0.05, 0.1) is 0 Å². The Labute approximate surface area is 238 Å². The van der Waals surface area contributed by atoms with Crippen LogP contribution in [0.4, 0.5) is 5.82 Å². The maximum absolute atomic E-state index is 13.5. The highest BCUT2D eigenvalue weighted by atomic mass is 16.1. The third-order valence-electron chi connectivity index (χ3n) is 7.72. The lowest BCUT2D eigenvalue weighted by Gasteiger charge is -2.37. The number of H-pyrrole nitrogens is 1. The molecule has 1 aromatic carbocycles. The summed E-state index contributed by atoms with van der Waals surface area (Å²) >= 11 is 0. The molecule has 0 spiro atoms. The third-order valence-corrected chi connectivity index (χ3v) is 7.72. The van der Waals surface area contributed by atoms with Gasteiger partial charge in [0.1, 0.15) is 5.82 Å². The summed E-state index contributed by atoms with van der Waals surface area (Å²) in [6.07, 6.45) is 7.53. The van der Waals surface area contributed by atoms with Gasteiger partial charge in [-0.1, -0.05) is 31.6 Å². The zero-order valence-electron chi connectivity index (χ0n) is 24.8. The van der Waals surface area contributed by atoms with Crippen molar-refractivity contribution in [1.29, 1.82) is 0 Å². The Morgan fingerprint density at radius 1 is 1.10 bits per heavy atom. The Bertz CT molecular complexity index is 1410. The van der Waals surface area contributed by atoms with Gasteiger partial charge in [0.2, 0.25) is 0 Å². The Hall–Kier alpha value is -3.71. The number of aromatic amines is 1. The van der Waals surface area contributed by atoms with E-state index in [0.717, 1.165) is 78.3 Å². The van der Waals surface area contributed by atoms with Crippen molar-refractivity contribution in [2.24, 2.45) is 0 Å². The molecule has 0 atom stereocenters. The first kappa shape index (κ1) is 29.3. The van der Waals surface area contributed by atoms with E-state index in [0.29, 0.717) is 17.2 Å². The number of hydrogen-bond acceptors (Lipinski definition) is 5. The van der Waals surface area contributed by atoms with E-state index in [1.165, 1.54) is 0 Å². The average molecular weight is 542 g/mol. The summed E-state index contributed by atoms with van der Waals surface area (Å²) in [4.78, 5) is 38.7. The van der Waals surface area contributed by atoms with Gasteiger partial charge in [0.25, 0.3) is 11.5 Å². The van der Waals surface area contributed by atoms with Crippen molar-refractivity contribution in [2.75, 3.05) is 31.1 Å². The Morgan fingerprint density at radius 2 is 1.85 bits per heavy atom. The molecule has 0 bridgehead atoms. The zero-order chi connectivity index (χ0) is 28.8. The van der Waals surface area contributed by atoms with Crippen molar-refractivity contribution in [2.45, 2.75) is 67.0 Å². The van der Waals surface area contributed by atoms with Gasteiger partial charge in [-0.15, -0.1) is 0 Å². The molecule has 0 aliphatic carbocycles. The number of pyridine rings is 2. The molecule has 212 valence electrons. The third kappa shape index (κ3) is 6.70. The molecule has 3 aromatic rings. The van der Waals surface area contributed by atoms with Crippen molar-refractivity contribution < 1.29 is 4.79 Å². The lowest BCUT2D eigenvalue weighted by atomic mass is 9.94. The van der Waals surface area contributed by atoms with Crippen LogP contribution >= 0.6 is 0 Å². The standard InChI is InChI=1S/C33H43N5O2/c1-7-9-25-18-24(6)36-33(40)30(25)21-35-32(39)29-19-27(17-23(5)28(29)10-8-2)26-11-12-31(34-20-26)38-15-13-37(14-16-38)22(3)4/h8,10-12,17-20,22H,7,9,13-16,21H2,1-6H3,(H,35,39)(H,36,40)/b10-8-. The summed E-state index contributed by atoms with van der Waals surface area (Å²) < 4.78 is 0. The molecule has 3 heterocycles. The molecular formula is C33H43N5O2. The highest BCUT2D eigenvalue weighted by Gasteiger charge is 2.20. The predicted molar refractivity (Wildman–Crippen MR) is 165 cm³/mol. The van der Waals surface area contributed by atoms with E-state index < -0.39 is 0 Å². The van der Waals surface area contributed by atoms with Crippen LogP contribution in [0, 0.1) is 13.8 Å². The number of rotatable bonds is 9. The van der Waals surface area contributed by atoms with Gasteiger partial charge in [-0.25, -0.2) is 4.98 Å². The van der Waals surface area contributed by atoms with Gasteiger partial charge in [-0.05, 0) is 87.6 Å². The molecule has 4 rings (SSSR count). The van der Waals surface area contributed by atoms with Crippen molar-refractivity contribution >= 4 is 17.8 Å². The SMILES string of the molecule is C/C=C\c1c(C)cc(-c2ccc(N3CCN(C(C)C)CC3)nc2)cc1C(=O)NCc1c(CCC)cc(C)[nH]c1=O. The first-order valence-electron chi connectivity index (χ1n) is 14.4. The van der Waals surface area contributed by atoms with Gasteiger partial charge in [0.15, 0.2) is 0 Å². The Balaban J connectivity index is 1.57. The number of carbonyl (C=O) groups is 1. The molecule has 0 unspecified atom stereocenters. The van der Waals surface area contributed by atoms with Crippen LogP contribution in [0.1, 0.15) is 72.4 Å². The van der Waals surface area contributed by atoms with Crippen molar-refractivity contribution in [3.63, 3.8) is 0 Å². The average Bonchev–Trinajstić information content (AvgIpc) is 2.93. The first-order valence-corrected chi connectivity index (χ1v) is 14.4. The number of benzene rings is 1. The number of nitrogens with one attached hydrogen (secondary N) is 2. The summed E-state index contributed by atoms with van der Waals surface area (Å²) in [6, 6.07) is 10.8. The number of amides is 1. The summed E-state index contributed by atoms with van der Waals surface area (Å²) in [6.45, 7) is 16.6. The molecule has 2 aromatic heterocycles. The number of piperazine rings is 1. The predicted octanol–water partition coefficient (Wildman–Crippen LogP) is 5.50. The van der Waals surface area contributed by atoms with Crippen molar-refractivity contribution in [3.8, 4) is 11.1 Å². The quantitative estimate of drug-likeness (QED) is 0.374. The summed E-state index contributed by atoms with van der Waals surface area (Å²) in [5, 5.41) is 3.02. The second-order valence-electron chi connectivity index (χ2n) is 11.0. The summed E-state index contributed by atoms with van der Waals surface area (Å²) in [7, 11) is 0. The molecule has 7 nitrogen and oxygen atoms in total. The molecule has 0 saturated carbocycles. The number of hydrogen-bond donors (Lipinski definition) is 2. The van der Waals surface area contributed by atoms with E-state index in [2.05, 4.69) is 59.1 Å². The molecule has 0 radical (unpaired) electrons. The normalized spacial score (nSPS) is 14.3. The van der Waals surface area contributed by atoms with Gasteiger partial charge >= 0.3 is 0 Å². The maximum atomic E-state index is 13.5. The second kappa shape index (κ2) is 13.1. The van der Waals surface area contributed by atoms with Gasteiger partial charge in [-0.2, -0.15) is 0 Å². The number of carbonyl (C=O) groups excluding carboxylic acids is 1. The molecule has 1 aliphatic heterocycles. The van der Waals surface area contributed by atoms with E-state index in [1.807, 2.05) is 51.3 Å². The van der Waals surface area contributed by atoms with Crippen LogP contribution in [-0.4, -0.2) is 53.0 Å². The molecule has 40 heavy (non-hydrogen) atoms. The molecule has 1 aliphatic rings. The number of anilines is 1. The van der Waals surface area contributed by atoms with Crippen LogP contribution in [-0.2, 0) is 13.0 Å². The van der Waals surface area contributed by atoms with Crippen LogP contribution in [0.25, 0.3) is 17.2 Å². The number of aromatic nitrogens is 2. The van der Waals surface area contributed by atoms with Gasteiger partial charge < -0.3 is 15.2 Å². The fourth-order valence-electron chi connectivity index (χ4n) is 5.49. The van der Waals surface area contributed by atoms with Crippen molar-refractivity contribution in [1.82, 2.24) is 20.2 Å². The molecule has 7 heteroatoms. The minimum atomic E-state index is -0.201. The summed E-state index contributed by atoms with van der Waals surface area (Å²) in [5.41, 5.74) is 6.68. The minimum absolute atomic E-state index is 0.140. The number of allylic oxidation sites excluding steroid dienone is 1. The van der Waals surface area contributed by atoms with Crippen molar-refractivity contribution in [3.05, 3.63) is 86.5 Å². The van der Waals surface area contributed by atoms with E-state index in [9.17, 15) is 9.59 Å². The topological polar surface area (TPSA) is 81.3 Å². The van der Waals surface area contributed by atoms with E-state index >= 15 is 0 Å². The molecule has 1 saturated heterocycles. The molecule has 2 N–H and O–H groups in total. The Morgan fingerprint density at radius 3 is 2.48 bits per heavy atom. The van der Waals surface area contributed by atoms with Crippen LogP contribution in [0.15, 0.2) is 47.4 Å². The largest absolute Gasteiger partial charge is 0.354 e. The second-order valence-corrected chi connectivity index (χ2v) is 11.0. The fraction of sp³-hybridized carbons (Fsp3) is 0.424. The molecule has 1 amide bonds. The number of aryl methyl sites for hydroxylation is 3. The van der Waals surface area contributed by atoms with Crippen LogP contribution < -0.4 is 15.8 Å². The Kier molecular flexibility index (Phi) is 9.58. The highest BCUT2D eigenvalue weighted by molar-refractivity contribution is 5.99. The van der Waals surface area contributed by atoms with Crippen LogP contribution in [0.5, 0.6) is 0 Å². The minimum Gasteiger partial charge on any atom is -0.354 e. The smallest absolute Gasteiger partial charge is 0.253 e. The monoisotopic (exact) mass is 541 g/mol. The fourth-order valence-corrected chi connectivity index (χ4v) is 5.49. The van der Waals surface area contributed by atoms with Gasteiger partial charge in [0, 0.05) is 67.3 Å². The summed E-state index contributed by atoms with van der Waals surface area (Å²) in [5.74, 6) is 0.784. The van der Waals surface area contributed by atoms with Crippen LogP contribution in [0.3, 0.4) is 0 Å². The van der Waals surface area contributed by atoms with E-state index in [1.54, 1.807) is 0 Å². The van der Waals surface area contributed by atoms with Crippen LogP contribution in [0.2, 0.25) is 0 Å². The lowest BCUT2D eigenvalue weighted by molar-refractivity contribution is 0.0950. The zero-order valence-corrected chi connectivity index (χ0v) is 24.8. The van der Waals surface area contributed by atoms with Gasteiger partial charge in [-0.3, -0.25) is 14.5 Å². The lowest BCUT2D eigenvalue weighted by Crippen LogP contribution is -2.49. The van der Waals surface area contributed by atoms with E-state index in [4.69, 9.17) is 4.98 Å².